The van der Waals surface area contributed by atoms with Gasteiger partial charge in [0.2, 0.25) is 0 Å². The van der Waals surface area contributed by atoms with Crippen LogP contribution in [0.2, 0.25) is 0 Å². The number of benzene rings is 1. The molecule has 0 amide bonds. The van der Waals surface area contributed by atoms with E-state index >= 15 is 0 Å². The molecule has 0 heterocycles. The lowest BCUT2D eigenvalue weighted by Crippen LogP contribution is -2.39. The molecule has 0 unspecified atom stereocenters. The molecule has 1 aliphatic rings. The van der Waals surface area contributed by atoms with Gasteiger partial charge in [-0.3, -0.25) is 4.99 Å². The van der Waals surface area contributed by atoms with E-state index in [2.05, 4.69) is 46.0 Å². The number of hydrogen-bond donors (Lipinski definition) is 2. The SMILES string of the molecule is CN=C(NC)NCC1(Sc2ccccc2)CC1. The van der Waals surface area contributed by atoms with Crippen LogP contribution < -0.4 is 10.6 Å². The second kappa shape index (κ2) is 5.45. The molecule has 0 atom stereocenters. The summed E-state index contributed by atoms with van der Waals surface area (Å²) in [5.74, 6) is 0.866. The summed E-state index contributed by atoms with van der Waals surface area (Å²) in [4.78, 5) is 5.48. The van der Waals surface area contributed by atoms with Gasteiger partial charge in [0, 0.05) is 30.3 Å². The van der Waals surface area contributed by atoms with Gasteiger partial charge in [0.25, 0.3) is 0 Å². The van der Waals surface area contributed by atoms with Crippen molar-refractivity contribution in [3.8, 4) is 0 Å². The molecule has 0 bridgehead atoms. The summed E-state index contributed by atoms with van der Waals surface area (Å²) in [6, 6.07) is 10.6. The van der Waals surface area contributed by atoms with Crippen molar-refractivity contribution >= 4 is 17.7 Å². The van der Waals surface area contributed by atoms with Crippen molar-refractivity contribution in [3.63, 3.8) is 0 Å². The van der Waals surface area contributed by atoms with E-state index in [0.29, 0.717) is 4.75 Å². The molecule has 0 saturated heterocycles. The van der Waals surface area contributed by atoms with Crippen LogP contribution in [0.1, 0.15) is 12.8 Å². The van der Waals surface area contributed by atoms with E-state index in [9.17, 15) is 0 Å². The predicted molar refractivity (Wildman–Crippen MR) is 74.7 cm³/mol. The van der Waals surface area contributed by atoms with Gasteiger partial charge in [-0.25, -0.2) is 0 Å². The predicted octanol–water partition coefficient (Wildman–Crippen LogP) is 2.11. The zero-order valence-electron chi connectivity index (χ0n) is 10.4. The summed E-state index contributed by atoms with van der Waals surface area (Å²) < 4.78 is 0.369. The van der Waals surface area contributed by atoms with E-state index < -0.39 is 0 Å². The van der Waals surface area contributed by atoms with Gasteiger partial charge in [-0.05, 0) is 25.0 Å². The second-order valence-electron chi connectivity index (χ2n) is 4.27. The first-order valence-corrected chi connectivity index (χ1v) is 6.72. The first-order valence-electron chi connectivity index (χ1n) is 5.90. The van der Waals surface area contributed by atoms with E-state index in [4.69, 9.17) is 0 Å². The Morgan fingerprint density at radius 3 is 2.59 bits per heavy atom. The molecular weight excluding hydrogens is 230 g/mol. The van der Waals surface area contributed by atoms with E-state index in [-0.39, 0.29) is 0 Å². The van der Waals surface area contributed by atoms with Crippen molar-refractivity contribution in [1.82, 2.24) is 10.6 Å². The summed E-state index contributed by atoms with van der Waals surface area (Å²) in [7, 11) is 3.68. The molecule has 1 aromatic rings. The number of thioether (sulfide) groups is 1. The van der Waals surface area contributed by atoms with Crippen molar-refractivity contribution in [2.24, 2.45) is 4.99 Å². The smallest absolute Gasteiger partial charge is 0.190 e. The zero-order chi connectivity index (χ0) is 12.1. The average molecular weight is 249 g/mol. The molecule has 4 heteroatoms. The maximum Gasteiger partial charge on any atom is 0.190 e. The van der Waals surface area contributed by atoms with Crippen molar-refractivity contribution < 1.29 is 0 Å². The van der Waals surface area contributed by atoms with Gasteiger partial charge < -0.3 is 10.6 Å². The average Bonchev–Trinajstić information content (AvgIpc) is 3.12. The number of guanidine groups is 1. The number of aliphatic imine (C=N–C) groups is 1. The normalized spacial score (nSPS) is 17.6. The van der Waals surface area contributed by atoms with Crippen molar-refractivity contribution in [2.75, 3.05) is 20.6 Å². The molecule has 0 radical (unpaired) electrons. The van der Waals surface area contributed by atoms with Crippen molar-refractivity contribution in [1.29, 1.82) is 0 Å². The van der Waals surface area contributed by atoms with Gasteiger partial charge in [-0.2, -0.15) is 0 Å². The van der Waals surface area contributed by atoms with Crippen LogP contribution in [0.3, 0.4) is 0 Å². The van der Waals surface area contributed by atoms with Gasteiger partial charge in [-0.1, -0.05) is 18.2 Å². The van der Waals surface area contributed by atoms with Crippen molar-refractivity contribution in [2.45, 2.75) is 22.5 Å². The first-order chi connectivity index (χ1) is 8.28. The number of hydrogen-bond acceptors (Lipinski definition) is 2. The molecule has 0 aliphatic heterocycles. The highest BCUT2D eigenvalue weighted by atomic mass is 32.2. The Balaban J connectivity index is 1.88. The summed E-state index contributed by atoms with van der Waals surface area (Å²) in [6.45, 7) is 0.972. The Kier molecular flexibility index (Phi) is 3.94. The Bertz CT molecular complexity index is 385. The molecule has 1 aliphatic carbocycles. The Morgan fingerprint density at radius 2 is 2.06 bits per heavy atom. The number of nitrogens with one attached hydrogen (secondary N) is 2. The molecule has 17 heavy (non-hydrogen) atoms. The second-order valence-corrected chi connectivity index (χ2v) is 5.82. The molecule has 3 nitrogen and oxygen atoms in total. The minimum atomic E-state index is 0.369. The van der Waals surface area contributed by atoms with Crippen LogP contribution in [0.4, 0.5) is 0 Å². The fourth-order valence-corrected chi connectivity index (χ4v) is 2.96. The molecule has 92 valence electrons. The lowest BCUT2D eigenvalue weighted by Gasteiger charge is -2.17. The highest BCUT2D eigenvalue weighted by molar-refractivity contribution is 8.01. The topological polar surface area (TPSA) is 36.4 Å². The van der Waals surface area contributed by atoms with Gasteiger partial charge in [0.1, 0.15) is 0 Å². The third-order valence-corrected chi connectivity index (χ3v) is 4.42. The Labute approximate surface area is 107 Å². The summed E-state index contributed by atoms with van der Waals surface area (Å²) in [5.41, 5.74) is 0. The van der Waals surface area contributed by atoms with Crippen LogP contribution in [0.15, 0.2) is 40.2 Å². The van der Waals surface area contributed by atoms with Gasteiger partial charge in [-0.15, -0.1) is 11.8 Å². The molecule has 2 rings (SSSR count). The third kappa shape index (κ3) is 3.40. The van der Waals surface area contributed by atoms with E-state index in [1.165, 1.54) is 17.7 Å². The summed E-state index contributed by atoms with van der Waals surface area (Å²) in [6.07, 6.45) is 2.56. The molecule has 0 aromatic heterocycles. The number of rotatable bonds is 4. The lowest BCUT2D eigenvalue weighted by molar-refractivity contribution is 0.791. The Hall–Kier alpha value is -1.16. The van der Waals surface area contributed by atoms with Gasteiger partial charge in [0.15, 0.2) is 5.96 Å². The maximum atomic E-state index is 4.13. The van der Waals surface area contributed by atoms with Crippen LogP contribution in [0, 0.1) is 0 Å². The Morgan fingerprint density at radius 1 is 1.35 bits per heavy atom. The van der Waals surface area contributed by atoms with Crippen LogP contribution in [0.25, 0.3) is 0 Å². The quantitative estimate of drug-likeness (QED) is 0.634. The minimum absolute atomic E-state index is 0.369. The highest BCUT2D eigenvalue weighted by Crippen LogP contribution is 2.51. The van der Waals surface area contributed by atoms with Gasteiger partial charge >= 0.3 is 0 Å². The summed E-state index contributed by atoms with van der Waals surface area (Å²) >= 11 is 1.97. The number of nitrogens with zero attached hydrogens (tertiary/aromatic N) is 1. The molecule has 1 fully saturated rings. The van der Waals surface area contributed by atoms with Crippen LogP contribution in [-0.2, 0) is 0 Å². The van der Waals surface area contributed by atoms with E-state index in [1.807, 2.05) is 18.8 Å². The minimum Gasteiger partial charge on any atom is -0.359 e. The molecule has 1 saturated carbocycles. The highest BCUT2D eigenvalue weighted by Gasteiger charge is 2.43. The van der Waals surface area contributed by atoms with E-state index in [1.54, 1.807) is 7.05 Å². The monoisotopic (exact) mass is 249 g/mol. The first kappa shape index (κ1) is 12.3. The van der Waals surface area contributed by atoms with E-state index in [0.717, 1.165) is 12.5 Å². The molecule has 0 spiro atoms. The van der Waals surface area contributed by atoms with Gasteiger partial charge in [0.05, 0.1) is 0 Å². The third-order valence-electron chi connectivity index (χ3n) is 2.92. The van der Waals surface area contributed by atoms with Crippen LogP contribution in [0.5, 0.6) is 0 Å². The fraction of sp³-hybridized carbons (Fsp3) is 0.462. The standard InChI is InChI=1S/C13H19N3S/c1-14-12(15-2)16-10-13(8-9-13)17-11-6-4-3-5-7-11/h3-7H,8-10H2,1-2H3,(H2,14,15,16). The van der Waals surface area contributed by atoms with Crippen molar-refractivity contribution in [3.05, 3.63) is 30.3 Å². The lowest BCUT2D eigenvalue weighted by atomic mass is 10.4. The maximum absolute atomic E-state index is 4.13. The fourth-order valence-electron chi connectivity index (χ4n) is 1.72. The molecule has 2 N–H and O–H groups in total. The van der Waals surface area contributed by atoms with Crippen LogP contribution in [-0.4, -0.2) is 31.3 Å². The largest absolute Gasteiger partial charge is 0.359 e. The zero-order valence-corrected chi connectivity index (χ0v) is 11.2. The summed E-state index contributed by atoms with van der Waals surface area (Å²) in [5, 5.41) is 6.41. The van der Waals surface area contributed by atoms with Crippen LogP contribution >= 0.6 is 11.8 Å². The molecule has 1 aromatic carbocycles. The molecular formula is C13H19N3S.